The molecule has 0 saturated carbocycles. The lowest BCUT2D eigenvalue weighted by Gasteiger charge is -2.29. The Kier molecular flexibility index (Phi) is 23.1. The Bertz CT molecular complexity index is 226. The summed E-state index contributed by atoms with van der Waals surface area (Å²) in [7, 11) is 0. The van der Waals surface area contributed by atoms with Crippen molar-refractivity contribution in [3.8, 4) is 0 Å². The number of carbonyl (C=O) groups is 1. The van der Waals surface area contributed by atoms with Gasteiger partial charge in [-0.1, -0.05) is 99.8 Å². The molecule has 3 heteroatoms. The highest BCUT2D eigenvalue weighted by Crippen LogP contribution is 2.18. The van der Waals surface area contributed by atoms with Gasteiger partial charge in [0.25, 0.3) is 0 Å². The third-order valence-corrected chi connectivity index (χ3v) is 3.56. The normalized spacial score (nSPS) is 11.5. The maximum Gasteiger partial charge on any atom is 0.217 e. The van der Waals surface area contributed by atoms with Crippen LogP contribution >= 0.6 is 0 Å². The summed E-state index contributed by atoms with van der Waals surface area (Å²) in [6, 6.07) is -0.153. The average Bonchev–Trinajstić information content (AvgIpc) is 2.50. The second kappa shape index (κ2) is 19.5. The summed E-state index contributed by atoms with van der Waals surface area (Å²) in [6.07, 6.45) is 11.5. The smallest absolute Gasteiger partial charge is 0.217 e. The molecule has 0 saturated heterocycles. The number of hydrogen-bond donors (Lipinski definition) is 2. The van der Waals surface area contributed by atoms with Crippen molar-refractivity contribution in [2.24, 2.45) is 5.41 Å². The molecule has 1 amide bonds. The first-order valence-corrected chi connectivity index (χ1v) is 9.67. The molecule has 2 N–H and O–H groups in total. The lowest BCUT2D eigenvalue weighted by molar-refractivity contribution is -0.120. The quantitative estimate of drug-likeness (QED) is 0.532. The molecule has 0 spiro atoms. The van der Waals surface area contributed by atoms with Crippen molar-refractivity contribution in [2.45, 2.75) is 113 Å². The molecular weight excluding hydrogens is 286 g/mol. The van der Waals surface area contributed by atoms with E-state index in [2.05, 4.69) is 19.2 Å². The molecule has 0 aliphatic rings. The molecule has 3 nitrogen and oxygen atoms in total. The van der Waals surface area contributed by atoms with Gasteiger partial charge in [0.1, 0.15) is 0 Å². The van der Waals surface area contributed by atoms with Crippen molar-refractivity contribution in [1.29, 1.82) is 0 Å². The molecule has 0 radical (unpaired) electrons. The average molecular weight is 332 g/mol. The maximum absolute atomic E-state index is 10.6. The van der Waals surface area contributed by atoms with E-state index in [4.69, 9.17) is 5.11 Å². The number of nitrogens with one attached hydrogen (secondary N) is 1. The summed E-state index contributed by atoms with van der Waals surface area (Å²) in [5.74, 6) is -0.0982. The van der Waals surface area contributed by atoms with Gasteiger partial charge in [-0.05, 0) is 5.41 Å². The van der Waals surface area contributed by atoms with E-state index in [0.717, 1.165) is 0 Å². The predicted molar refractivity (Wildman–Crippen MR) is 104 cm³/mol. The Balaban J connectivity index is -0.000000315. The second-order valence-corrected chi connectivity index (χ2v) is 6.92. The first-order chi connectivity index (χ1) is 10.8. The van der Waals surface area contributed by atoms with Gasteiger partial charge >= 0.3 is 0 Å². The molecule has 0 bridgehead atoms. The first-order valence-electron chi connectivity index (χ1n) is 9.67. The predicted octanol–water partition coefficient (Wildman–Crippen LogP) is 5.70. The molecule has 0 aromatic rings. The van der Waals surface area contributed by atoms with Crippen molar-refractivity contribution >= 4 is 5.91 Å². The van der Waals surface area contributed by atoms with Crippen molar-refractivity contribution in [1.82, 2.24) is 5.32 Å². The minimum atomic E-state index is -0.153. The van der Waals surface area contributed by atoms with Crippen LogP contribution in [0.5, 0.6) is 0 Å². The minimum Gasteiger partial charge on any atom is -0.394 e. The third-order valence-electron chi connectivity index (χ3n) is 3.56. The standard InChI is InChI=1S/C10H22.C8H17NO2.C2H6/c1-3-5-7-9-10-8-6-4-2;1-6(11)9-7(5-10)8(2,3)4;1-2/h3-10H2,1-2H3;7,10H,5H2,1-4H3,(H,9,11);1-2H3/t;7-;/m.1./s1. The molecule has 0 aliphatic carbocycles. The summed E-state index contributed by atoms with van der Waals surface area (Å²) >= 11 is 0. The van der Waals surface area contributed by atoms with Crippen LogP contribution in [-0.2, 0) is 4.79 Å². The molecule has 0 unspecified atom stereocenters. The molecule has 0 rings (SSSR count). The molecule has 0 aromatic carbocycles. The molecule has 0 heterocycles. The van der Waals surface area contributed by atoms with Crippen LogP contribution in [0.3, 0.4) is 0 Å². The van der Waals surface area contributed by atoms with Crippen LogP contribution in [0.25, 0.3) is 0 Å². The highest BCUT2D eigenvalue weighted by Gasteiger charge is 2.23. The molecule has 0 fully saturated rings. The van der Waals surface area contributed by atoms with Gasteiger partial charge in [-0.15, -0.1) is 0 Å². The number of carbonyl (C=O) groups excluding carboxylic acids is 1. The van der Waals surface area contributed by atoms with Crippen molar-refractivity contribution < 1.29 is 9.90 Å². The minimum absolute atomic E-state index is 0.0108. The van der Waals surface area contributed by atoms with E-state index < -0.39 is 0 Å². The fraction of sp³-hybridized carbons (Fsp3) is 0.950. The van der Waals surface area contributed by atoms with E-state index in [1.165, 1.54) is 58.3 Å². The zero-order valence-corrected chi connectivity index (χ0v) is 17.3. The summed E-state index contributed by atoms with van der Waals surface area (Å²) in [5.41, 5.74) is -0.0829. The summed E-state index contributed by atoms with van der Waals surface area (Å²) < 4.78 is 0. The summed E-state index contributed by atoms with van der Waals surface area (Å²) in [4.78, 5) is 10.6. The molecule has 23 heavy (non-hydrogen) atoms. The van der Waals surface area contributed by atoms with Gasteiger partial charge in [0.15, 0.2) is 0 Å². The number of aliphatic hydroxyl groups is 1. The second-order valence-electron chi connectivity index (χ2n) is 6.92. The maximum atomic E-state index is 10.6. The molecule has 1 atom stereocenters. The molecule has 142 valence electrons. The van der Waals surface area contributed by atoms with Crippen LogP contribution in [0.15, 0.2) is 0 Å². The van der Waals surface area contributed by atoms with Crippen LogP contribution < -0.4 is 5.32 Å². The Morgan fingerprint density at radius 1 is 0.913 bits per heavy atom. The zero-order chi connectivity index (χ0) is 18.7. The first kappa shape index (κ1) is 27.3. The summed E-state index contributed by atoms with van der Waals surface area (Å²) in [5, 5.41) is 11.6. The number of hydrogen-bond acceptors (Lipinski definition) is 2. The van der Waals surface area contributed by atoms with Crippen LogP contribution in [0.2, 0.25) is 0 Å². The Morgan fingerprint density at radius 3 is 1.43 bits per heavy atom. The largest absolute Gasteiger partial charge is 0.394 e. The van der Waals surface area contributed by atoms with Crippen molar-refractivity contribution in [3.05, 3.63) is 0 Å². The van der Waals surface area contributed by atoms with Gasteiger partial charge in [0, 0.05) is 6.92 Å². The van der Waals surface area contributed by atoms with Crippen molar-refractivity contribution in [3.63, 3.8) is 0 Å². The highest BCUT2D eigenvalue weighted by atomic mass is 16.3. The fourth-order valence-electron chi connectivity index (χ4n) is 1.99. The van der Waals surface area contributed by atoms with Gasteiger partial charge in [-0.2, -0.15) is 0 Å². The molecule has 0 aromatic heterocycles. The zero-order valence-electron chi connectivity index (χ0n) is 17.3. The van der Waals surface area contributed by atoms with Gasteiger partial charge in [0.2, 0.25) is 5.91 Å². The van der Waals surface area contributed by atoms with E-state index in [0.29, 0.717) is 0 Å². The lowest BCUT2D eigenvalue weighted by atomic mass is 9.87. The number of amides is 1. The lowest BCUT2D eigenvalue weighted by Crippen LogP contribution is -2.45. The third kappa shape index (κ3) is 23.8. The topological polar surface area (TPSA) is 49.3 Å². The Morgan fingerprint density at radius 2 is 1.26 bits per heavy atom. The van der Waals surface area contributed by atoms with Gasteiger partial charge in [0.05, 0.1) is 12.6 Å². The number of aliphatic hydroxyl groups excluding tert-OH is 1. The van der Waals surface area contributed by atoms with E-state index >= 15 is 0 Å². The fourth-order valence-corrected chi connectivity index (χ4v) is 1.99. The highest BCUT2D eigenvalue weighted by molar-refractivity contribution is 5.73. The van der Waals surface area contributed by atoms with E-state index in [-0.39, 0.29) is 24.0 Å². The van der Waals surface area contributed by atoms with Gasteiger partial charge in [-0.3, -0.25) is 4.79 Å². The van der Waals surface area contributed by atoms with E-state index in [9.17, 15) is 4.79 Å². The van der Waals surface area contributed by atoms with Gasteiger partial charge in [-0.25, -0.2) is 0 Å². The monoisotopic (exact) mass is 331 g/mol. The van der Waals surface area contributed by atoms with Crippen LogP contribution in [-0.4, -0.2) is 23.7 Å². The van der Waals surface area contributed by atoms with E-state index in [1.54, 1.807) is 0 Å². The Hall–Kier alpha value is -0.570. The number of rotatable bonds is 9. The van der Waals surface area contributed by atoms with Crippen LogP contribution in [0.4, 0.5) is 0 Å². The van der Waals surface area contributed by atoms with E-state index in [1.807, 2.05) is 34.6 Å². The summed E-state index contributed by atoms with van der Waals surface area (Å²) in [6.45, 7) is 15.9. The molecular formula is C20H45NO2. The Labute approximate surface area is 146 Å². The van der Waals surface area contributed by atoms with Crippen molar-refractivity contribution in [2.75, 3.05) is 6.61 Å². The number of unbranched alkanes of at least 4 members (excludes halogenated alkanes) is 7. The van der Waals surface area contributed by atoms with Crippen LogP contribution in [0.1, 0.15) is 107 Å². The SMILES string of the molecule is CC.CC(=O)N[C@H](CO)C(C)(C)C.CCCCCCCCCC. The van der Waals surface area contributed by atoms with Gasteiger partial charge < -0.3 is 10.4 Å². The molecule has 0 aliphatic heterocycles. The van der Waals surface area contributed by atoms with Crippen LogP contribution in [0, 0.1) is 5.41 Å².